The van der Waals surface area contributed by atoms with Gasteiger partial charge in [-0.25, -0.2) is 8.42 Å². The van der Waals surface area contributed by atoms with Crippen LogP contribution >= 0.6 is 54.8 Å². The van der Waals surface area contributed by atoms with E-state index >= 15 is 0 Å². The van der Waals surface area contributed by atoms with Crippen LogP contribution in [0.2, 0.25) is 5.02 Å². The van der Waals surface area contributed by atoms with Crippen LogP contribution < -0.4 is 4.72 Å². The predicted molar refractivity (Wildman–Crippen MR) is 86.9 cm³/mol. The number of hydrogen-bond acceptors (Lipinski definition) is 3. The summed E-state index contributed by atoms with van der Waals surface area (Å²) in [4.78, 5) is 0. The van der Waals surface area contributed by atoms with E-state index in [9.17, 15) is 8.42 Å². The SMILES string of the molecule is O=S(=O)(Nc1cccc(CBr)c1)c1cc(Cl)c(Br)s1. The summed E-state index contributed by atoms with van der Waals surface area (Å²) in [6.07, 6.45) is 0. The monoisotopic (exact) mass is 443 g/mol. The predicted octanol–water partition coefficient (Wildman–Crippen LogP) is 4.86. The molecule has 19 heavy (non-hydrogen) atoms. The molecule has 3 nitrogen and oxygen atoms in total. The molecule has 0 aliphatic heterocycles. The van der Waals surface area contributed by atoms with Gasteiger partial charge in [-0.1, -0.05) is 39.7 Å². The molecule has 0 amide bonds. The van der Waals surface area contributed by atoms with Crippen LogP contribution in [0, 0.1) is 0 Å². The van der Waals surface area contributed by atoms with Crippen LogP contribution in [0.25, 0.3) is 0 Å². The number of alkyl halides is 1. The Hall–Kier alpha value is -0.0800. The fraction of sp³-hybridized carbons (Fsp3) is 0.0909. The average molecular weight is 446 g/mol. The zero-order valence-corrected chi connectivity index (χ0v) is 14.9. The van der Waals surface area contributed by atoms with E-state index in [0.29, 0.717) is 19.8 Å². The molecule has 1 N–H and O–H groups in total. The molecule has 0 radical (unpaired) electrons. The molecule has 0 saturated heterocycles. The highest BCUT2D eigenvalue weighted by molar-refractivity contribution is 9.11. The molecule has 102 valence electrons. The first-order chi connectivity index (χ1) is 8.92. The van der Waals surface area contributed by atoms with Crippen molar-refractivity contribution in [3.8, 4) is 0 Å². The summed E-state index contributed by atoms with van der Waals surface area (Å²) < 4.78 is 27.7. The molecule has 1 aromatic heterocycles. The van der Waals surface area contributed by atoms with E-state index in [4.69, 9.17) is 11.6 Å². The topological polar surface area (TPSA) is 46.2 Å². The Bertz CT molecular complexity index is 681. The van der Waals surface area contributed by atoms with Crippen LogP contribution in [0.5, 0.6) is 0 Å². The highest BCUT2D eigenvalue weighted by atomic mass is 79.9. The largest absolute Gasteiger partial charge is 0.279 e. The van der Waals surface area contributed by atoms with E-state index < -0.39 is 10.0 Å². The smallest absolute Gasteiger partial charge is 0.271 e. The van der Waals surface area contributed by atoms with Crippen molar-refractivity contribution in [1.82, 2.24) is 0 Å². The number of halogens is 3. The van der Waals surface area contributed by atoms with Gasteiger partial charge >= 0.3 is 0 Å². The zero-order valence-electron chi connectivity index (χ0n) is 9.36. The van der Waals surface area contributed by atoms with Gasteiger partial charge in [0, 0.05) is 11.0 Å². The summed E-state index contributed by atoms with van der Waals surface area (Å²) in [5.74, 6) is 0. The Kier molecular flexibility index (Phi) is 4.94. The third kappa shape index (κ3) is 3.72. The van der Waals surface area contributed by atoms with Crippen molar-refractivity contribution in [1.29, 1.82) is 0 Å². The summed E-state index contributed by atoms with van der Waals surface area (Å²) in [6.45, 7) is 0. The highest BCUT2D eigenvalue weighted by Gasteiger charge is 2.19. The fourth-order valence-corrected chi connectivity index (χ4v) is 5.18. The molecular weight excluding hydrogens is 438 g/mol. The number of sulfonamides is 1. The Morgan fingerprint density at radius 2 is 2.05 bits per heavy atom. The first kappa shape index (κ1) is 15.3. The van der Waals surface area contributed by atoms with Crippen LogP contribution in [-0.4, -0.2) is 8.42 Å². The number of thiophene rings is 1. The number of anilines is 1. The van der Waals surface area contributed by atoms with Gasteiger partial charge in [0.05, 0.1) is 8.81 Å². The Morgan fingerprint density at radius 3 is 2.63 bits per heavy atom. The second-order valence-electron chi connectivity index (χ2n) is 3.63. The molecule has 1 heterocycles. The molecule has 2 rings (SSSR count). The van der Waals surface area contributed by atoms with Gasteiger partial charge in [0.2, 0.25) is 0 Å². The van der Waals surface area contributed by atoms with Crippen LogP contribution in [0.4, 0.5) is 5.69 Å². The van der Waals surface area contributed by atoms with Crippen molar-refractivity contribution in [3.05, 3.63) is 44.7 Å². The lowest BCUT2D eigenvalue weighted by atomic mass is 10.2. The summed E-state index contributed by atoms with van der Waals surface area (Å²) >= 11 is 13.5. The molecule has 0 spiro atoms. The van der Waals surface area contributed by atoms with Crippen LogP contribution in [0.15, 0.2) is 38.3 Å². The Morgan fingerprint density at radius 1 is 1.32 bits per heavy atom. The second kappa shape index (κ2) is 6.13. The number of nitrogens with one attached hydrogen (secondary N) is 1. The molecule has 2 aromatic rings. The molecule has 0 atom stereocenters. The minimum Gasteiger partial charge on any atom is -0.279 e. The van der Waals surface area contributed by atoms with E-state index in [2.05, 4.69) is 36.6 Å². The minimum absolute atomic E-state index is 0.175. The Balaban J connectivity index is 2.30. The van der Waals surface area contributed by atoms with Gasteiger partial charge in [-0.3, -0.25) is 4.72 Å². The van der Waals surface area contributed by atoms with Crippen molar-refractivity contribution in [2.75, 3.05) is 4.72 Å². The summed E-state index contributed by atoms with van der Waals surface area (Å²) in [7, 11) is -3.60. The highest BCUT2D eigenvalue weighted by Crippen LogP contribution is 2.35. The maximum atomic E-state index is 12.2. The molecule has 0 unspecified atom stereocenters. The van der Waals surface area contributed by atoms with E-state index in [-0.39, 0.29) is 4.21 Å². The quantitative estimate of drug-likeness (QED) is 0.683. The van der Waals surface area contributed by atoms with E-state index in [1.807, 2.05) is 6.07 Å². The van der Waals surface area contributed by atoms with E-state index in [1.165, 1.54) is 6.07 Å². The van der Waals surface area contributed by atoms with Gasteiger partial charge < -0.3 is 0 Å². The molecule has 0 bridgehead atoms. The van der Waals surface area contributed by atoms with Crippen LogP contribution in [0.3, 0.4) is 0 Å². The summed E-state index contributed by atoms with van der Waals surface area (Å²) in [5.41, 5.74) is 1.52. The van der Waals surface area contributed by atoms with Gasteiger partial charge in [-0.15, -0.1) is 11.3 Å². The average Bonchev–Trinajstić information content (AvgIpc) is 2.70. The number of benzene rings is 1. The van der Waals surface area contributed by atoms with Gasteiger partial charge in [0.15, 0.2) is 0 Å². The second-order valence-corrected chi connectivity index (χ2v) is 8.87. The van der Waals surface area contributed by atoms with E-state index in [0.717, 1.165) is 16.9 Å². The lowest BCUT2D eigenvalue weighted by Crippen LogP contribution is -2.11. The first-order valence-corrected chi connectivity index (χ1v) is 9.64. The number of hydrogen-bond donors (Lipinski definition) is 1. The normalized spacial score (nSPS) is 11.5. The van der Waals surface area contributed by atoms with Crippen LogP contribution in [-0.2, 0) is 15.4 Å². The summed E-state index contributed by atoms with van der Waals surface area (Å²) in [5, 5.41) is 1.05. The third-order valence-electron chi connectivity index (χ3n) is 2.22. The van der Waals surface area contributed by atoms with Crippen molar-refractivity contribution < 1.29 is 8.42 Å². The van der Waals surface area contributed by atoms with Crippen molar-refractivity contribution >= 4 is 70.5 Å². The lowest BCUT2D eigenvalue weighted by Gasteiger charge is -2.07. The molecule has 0 aliphatic rings. The molecule has 0 saturated carbocycles. The molecule has 0 aliphatic carbocycles. The van der Waals surface area contributed by atoms with Gasteiger partial charge in [-0.2, -0.15) is 0 Å². The fourth-order valence-electron chi connectivity index (χ4n) is 1.38. The van der Waals surface area contributed by atoms with Crippen molar-refractivity contribution in [3.63, 3.8) is 0 Å². The van der Waals surface area contributed by atoms with Crippen molar-refractivity contribution in [2.24, 2.45) is 0 Å². The standard InChI is InChI=1S/C11H8Br2ClNO2S2/c12-6-7-2-1-3-8(4-7)15-19(16,17)10-5-9(14)11(13)18-10/h1-5,15H,6H2. The molecule has 8 heteroatoms. The maximum Gasteiger partial charge on any atom is 0.271 e. The lowest BCUT2D eigenvalue weighted by molar-refractivity contribution is 0.603. The van der Waals surface area contributed by atoms with Gasteiger partial charge in [0.1, 0.15) is 4.21 Å². The van der Waals surface area contributed by atoms with Crippen molar-refractivity contribution in [2.45, 2.75) is 9.54 Å². The van der Waals surface area contributed by atoms with Gasteiger partial charge in [0.25, 0.3) is 10.0 Å². The first-order valence-electron chi connectivity index (χ1n) is 5.05. The summed E-state index contributed by atoms with van der Waals surface area (Å²) in [6, 6.07) is 8.61. The maximum absolute atomic E-state index is 12.2. The molecule has 1 aromatic carbocycles. The Labute approximate surface area is 137 Å². The number of rotatable bonds is 4. The third-order valence-corrected chi connectivity index (χ3v) is 7.20. The van der Waals surface area contributed by atoms with Gasteiger partial charge in [-0.05, 0) is 39.7 Å². The zero-order chi connectivity index (χ0) is 14.0. The molecular formula is C11H8Br2ClNO2S2. The minimum atomic E-state index is -3.60. The van der Waals surface area contributed by atoms with E-state index in [1.54, 1.807) is 18.2 Å². The van der Waals surface area contributed by atoms with Crippen LogP contribution in [0.1, 0.15) is 5.56 Å². The molecule has 0 fully saturated rings.